The summed E-state index contributed by atoms with van der Waals surface area (Å²) in [6.07, 6.45) is -5.24. The van der Waals surface area contributed by atoms with E-state index in [1.807, 2.05) is 42.3 Å². The molecule has 3 aromatic carbocycles. The fourth-order valence-corrected chi connectivity index (χ4v) is 5.87. The van der Waals surface area contributed by atoms with Gasteiger partial charge in [0.05, 0.1) is 5.69 Å². The Kier molecular flexibility index (Phi) is 8.53. The molecule has 2 unspecified atom stereocenters. The fraction of sp³-hybridized carbons (Fsp3) is 0.394. The van der Waals surface area contributed by atoms with Crippen LogP contribution in [-0.2, 0) is 11.3 Å². The van der Waals surface area contributed by atoms with E-state index in [1.54, 1.807) is 51.1 Å². The zero-order valence-electron chi connectivity index (χ0n) is 25.2. The zero-order chi connectivity index (χ0) is 31.8. The molecule has 0 N–H and O–H groups in total. The molecule has 11 heteroatoms. The molecule has 1 saturated heterocycles. The molecule has 2 aliphatic rings. The molecule has 0 bridgehead atoms. The van der Waals surface area contributed by atoms with Gasteiger partial charge in [-0.05, 0) is 71.3 Å². The van der Waals surface area contributed by atoms with Crippen LogP contribution in [-0.4, -0.2) is 49.1 Å². The molecule has 2 heterocycles. The van der Waals surface area contributed by atoms with Gasteiger partial charge in [-0.25, -0.2) is 9.59 Å². The molecular formula is C33H35F3N2O6. The largest absolute Gasteiger partial charge is 0.573 e. The lowest BCUT2D eigenvalue weighted by molar-refractivity contribution is -0.275. The molecule has 0 aromatic heterocycles. The summed E-state index contributed by atoms with van der Waals surface area (Å²) >= 11 is 0. The van der Waals surface area contributed by atoms with Gasteiger partial charge in [-0.3, -0.25) is 9.80 Å². The van der Waals surface area contributed by atoms with Crippen LogP contribution in [0.1, 0.15) is 60.3 Å². The molecule has 2 aliphatic heterocycles. The van der Waals surface area contributed by atoms with Gasteiger partial charge in [0.15, 0.2) is 5.75 Å². The van der Waals surface area contributed by atoms with Crippen molar-refractivity contribution in [2.75, 3.05) is 25.0 Å². The second-order valence-corrected chi connectivity index (χ2v) is 12.0. The summed E-state index contributed by atoms with van der Waals surface area (Å²) in [6.45, 7) is 7.15. The van der Waals surface area contributed by atoms with Crippen LogP contribution < -0.4 is 19.1 Å². The van der Waals surface area contributed by atoms with Crippen molar-refractivity contribution in [3.05, 3.63) is 82.9 Å². The summed E-state index contributed by atoms with van der Waals surface area (Å²) in [5.41, 5.74) is -0.453. The third-order valence-corrected chi connectivity index (χ3v) is 7.63. The third kappa shape index (κ3) is 6.62. The Balaban J connectivity index is 1.79. The van der Waals surface area contributed by atoms with Crippen molar-refractivity contribution in [2.24, 2.45) is 5.92 Å². The predicted molar refractivity (Wildman–Crippen MR) is 157 cm³/mol. The average molecular weight is 613 g/mol. The van der Waals surface area contributed by atoms with Gasteiger partial charge in [0.25, 0.3) is 0 Å². The number of anilines is 1. The minimum absolute atomic E-state index is 0.00459. The molecule has 2 atom stereocenters. The average Bonchev–Trinajstić information content (AvgIpc) is 3.32. The Bertz CT molecular complexity index is 1520. The Morgan fingerprint density at radius 2 is 1.59 bits per heavy atom. The van der Waals surface area contributed by atoms with Gasteiger partial charge < -0.3 is 18.9 Å². The van der Waals surface area contributed by atoms with E-state index in [0.29, 0.717) is 13.0 Å². The van der Waals surface area contributed by atoms with Gasteiger partial charge in [-0.2, -0.15) is 0 Å². The Hall–Kier alpha value is -4.25. The maximum absolute atomic E-state index is 14.1. The minimum Gasteiger partial charge on any atom is -0.486 e. The highest BCUT2D eigenvalue weighted by atomic mass is 19.4. The number of para-hydroxylation sites is 1. The number of hydrogen-bond donors (Lipinski definition) is 0. The summed E-state index contributed by atoms with van der Waals surface area (Å²) in [4.78, 5) is 30.9. The van der Waals surface area contributed by atoms with Crippen LogP contribution in [0.25, 0.3) is 0 Å². The van der Waals surface area contributed by atoms with Crippen molar-refractivity contribution in [3.63, 3.8) is 0 Å². The van der Waals surface area contributed by atoms with E-state index in [0.717, 1.165) is 5.56 Å². The highest BCUT2D eigenvalue weighted by molar-refractivity contribution is 6.03. The number of alkyl halides is 3. The van der Waals surface area contributed by atoms with Crippen LogP contribution in [0.4, 0.5) is 23.7 Å². The number of benzene rings is 3. The fourth-order valence-electron chi connectivity index (χ4n) is 5.87. The van der Waals surface area contributed by atoms with Crippen LogP contribution in [0.3, 0.4) is 0 Å². The van der Waals surface area contributed by atoms with Gasteiger partial charge in [0, 0.05) is 23.7 Å². The highest BCUT2D eigenvalue weighted by Crippen LogP contribution is 2.56. The second kappa shape index (κ2) is 12.0. The first kappa shape index (κ1) is 31.2. The number of esters is 1. The van der Waals surface area contributed by atoms with Gasteiger partial charge >= 0.3 is 18.4 Å². The number of carbonyl (C=O) groups excluding carboxylic acids is 2. The lowest BCUT2D eigenvalue weighted by Gasteiger charge is -2.41. The number of nitrogens with zero attached hydrogens (tertiary/aromatic N) is 2. The standard InChI is InChI=1S/C33H35F3N2O6/c1-20-24(30(39)42-23-14-10-7-11-15-23)29(41-19-21-12-8-6-9-13-21)27-25(28(20)43-33(34,35)36)26-22(16-17-37(26)5)18-38(27)31(40)44-32(2,3)4/h6-15,22,26H,16-19H2,1-5H3. The second-order valence-electron chi connectivity index (χ2n) is 12.0. The maximum Gasteiger partial charge on any atom is 0.573 e. The Morgan fingerprint density at radius 3 is 2.20 bits per heavy atom. The van der Waals surface area contributed by atoms with Crippen LogP contribution in [0.2, 0.25) is 0 Å². The number of rotatable bonds is 6. The normalized spacial score (nSPS) is 18.3. The molecule has 1 fully saturated rings. The van der Waals surface area contributed by atoms with Crippen molar-refractivity contribution in [3.8, 4) is 17.2 Å². The van der Waals surface area contributed by atoms with E-state index in [9.17, 15) is 22.8 Å². The van der Waals surface area contributed by atoms with Gasteiger partial charge in [-0.1, -0.05) is 48.5 Å². The van der Waals surface area contributed by atoms with E-state index in [4.69, 9.17) is 18.9 Å². The molecule has 234 valence electrons. The van der Waals surface area contributed by atoms with E-state index in [-0.39, 0.29) is 52.9 Å². The monoisotopic (exact) mass is 612 g/mol. The zero-order valence-corrected chi connectivity index (χ0v) is 25.2. The number of carbonyl (C=O) groups is 2. The number of ether oxygens (including phenoxy) is 4. The smallest absolute Gasteiger partial charge is 0.486 e. The van der Waals surface area contributed by atoms with E-state index < -0.39 is 35.8 Å². The Morgan fingerprint density at radius 1 is 0.955 bits per heavy atom. The summed E-state index contributed by atoms with van der Waals surface area (Å²) in [7, 11) is 1.81. The van der Waals surface area contributed by atoms with Crippen molar-refractivity contribution < 1.29 is 41.7 Å². The summed E-state index contributed by atoms with van der Waals surface area (Å²) in [5.74, 6) is -1.64. The molecule has 1 amide bonds. The molecular weight excluding hydrogens is 577 g/mol. The van der Waals surface area contributed by atoms with Gasteiger partial charge in [0.2, 0.25) is 0 Å². The number of likely N-dealkylation sites (tertiary alicyclic amines) is 1. The molecule has 0 spiro atoms. The first-order valence-electron chi connectivity index (χ1n) is 14.3. The molecule has 3 aromatic rings. The van der Waals surface area contributed by atoms with Crippen molar-refractivity contribution in [1.29, 1.82) is 0 Å². The van der Waals surface area contributed by atoms with Crippen LogP contribution in [0.15, 0.2) is 60.7 Å². The molecule has 8 nitrogen and oxygen atoms in total. The lowest BCUT2D eigenvalue weighted by atomic mass is 9.84. The van der Waals surface area contributed by atoms with Crippen LogP contribution in [0.5, 0.6) is 17.2 Å². The number of fused-ring (bicyclic) bond motifs is 3. The van der Waals surface area contributed by atoms with Crippen LogP contribution in [0, 0.1) is 12.8 Å². The molecule has 44 heavy (non-hydrogen) atoms. The maximum atomic E-state index is 14.1. The topological polar surface area (TPSA) is 77.5 Å². The van der Waals surface area contributed by atoms with Crippen molar-refractivity contribution in [2.45, 2.75) is 58.7 Å². The van der Waals surface area contributed by atoms with Crippen LogP contribution >= 0.6 is 0 Å². The quantitative estimate of drug-likeness (QED) is 0.212. The van der Waals surface area contributed by atoms with E-state index >= 15 is 0 Å². The summed E-state index contributed by atoms with van der Waals surface area (Å²) in [5, 5.41) is 0. The van der Waals surface area contributed by atoms with Crippen molar-refractivity contribution >= 4 is 17.7 Å². The van der Waals surface area contributed by atoms with E-state index in [2.05, 4.69) is 0 Å². The summed E-state index contributed by atoms with van der Waals surface area (Å²) in [6, 6.07) is 16.7. The minimum atomic E-state index is -5.09. The molecule has 0 saturated carbocycles. The Labute approximate surface area is 254 Å². The van der Waals surface area contributed by atoms with Gasteiger partial charge in [-0.15, -0.1) is 13.2 Å². The van der Waals surface area contributed by atoms with Gasteiger partial charge in [0.1, 0.15) is 29.3 Å². The first-order valence-corrected chi connectivity index (χ1v) is 14.3. The van der Waals surface area contributed by atoms with E-state index in [1.165, 1.54) is 11.8 Å². The number of amides is 1. The van der Waals surface area contributed by atoms with Crippen molar-refractivity contribution in [1.82, 2.24) is 4.90 Å². The molecule has 5 rings (SSSR count). The highest BCUT2D eigenvalue weighted by Gasteiger charge is 2.49. The third-order valence-electron chi connectivity index (χ3n) is 7.63. The first-order chi connectivity index (χ1) is 20.7. The molecule has 0 radical (unpaired) electrons. The number of halogens is 3. The SMILES string of the molecule is Cc1c(OC(F)(F)F)c2c(c(OCc3ccccc3)c1C(=O)Oc1ccccc1)N(C(=O)OC(C)(C)C)CC1CCN(C)C21. The molecule has 0 aliphatic carbocycles. The predicted octanol–water partition coefficient (Wildman–Crippen LogP) is 7.44. The summed E-state index contributed by atoms with van der Waals surface area (Å²) < 4.78 is 64.6. The number of hydrogen-bond acceptors (Lipinski definition) is 7. The lowest BCUT2D eigenvalue weighted by Crippen LogP contribution is -2.45.